The monoisotopic (exact) mass is 511 g/mol. The van der Waals surface area contributed by atoms with Crippen molar-refractivity contribution < 1.29 is 13.2 Å². The molecule has 174 valence electrons. The quantitative estimate of drug-likeness (QED) is 0.515. The van der Waals surface area contributed by atoms with E-state index in [9.17, 15) is 22.8 Å². The fourth-order valence-corrected chi connectivity index (χ4v) is 5.13. The first kappa shape index (κ1) is 23.5. The van der Waals surface area contributed by atoms with Gasteiger partial charge in [-0.05, 0) is 42.5 Å². The topological polar surface area (TPSA) is 123 Å². The van der Waals surface area contributed by atoms with Crippen LogP contribution in [0.2, 0.25) is 10.0 Å². The molecule has 2 N–H and O–H groups in total. The van der Waals surface area contributed by atoms with Gasteiger partial charge in [-0.15, -0.1) is 3.97 Å². The summed E-state index contributed by atoms with van der Waals surface area (Å²) in [6.07, 6.45) is 0. The Kier molecular flexibility index (Phi) is 6.59. The third-order valence-electron chi connectivity index (χ3n) is 5.12. The number of halogens is 2. The van der Waals surface area contributed by atoms with Crippen LogP contribution in [-0.4, -0.2) is 54.1 Å². The Hall–Kier alpha value is -2.70. The SMILES string of the molecule is O=C(Cn1c(=O)n(S(=O)(=O)c2ccc(Cl)cc2)c(=O)c2ccc(Cl)cc21)NN1CCNCC1. The molecule has 10 nitrogen and oxygen atoms in total. The number of amides is 1. The average molecular weight is 512 g/mol. The molecule has 13 heteroatoms. The molecule has 33 heavy (non-hydrogen) atoms. The van der Waals surface area contributed by atoms with Crippen LogP contribution in [0.15, 0.2) is 56.9 Å². The molecule has 0 aliphatic carbocycles. The first-order chi connectivity index (χ1) is 15.7. The van der Waals surface area contributed by atoms with Gasteiger partial charge in [0.2, 0.25) is 0 Å². The zero-order valence-corrected chi connectivity index (χ0v) is 19.5. The molecular formula is C20H19Cl2N5O5S. The molecule has 1 aliphatic heterocycles. The minimum atomic E-state index is -4.58. The lowest BCUT2D eigenvalue weighted by Crippen LogP contribution is -2.53. The molecule has 0 unspecified atom stereocenters. The molecule has 1 aliphatic rings. The summed E-state index contributed by atoms with van der Waals surface area (Å²) in [5, 5.41) is 5.27. The third-order valence-corrected chi connectivity index (χ3v) is 7.28. The molecule has 0 atom stereocenters. The predicted molar refractivity (Wildman–Crippen MR) is 124 cm³/mol. The van der Waals surface area contributed by atoms with Crippen LogP contribution in [0.1, 0.15) is 0 Å². The number of nitrogens with zero attached hydrogens (tertiary/aromatic N) is 3. The van der Waals surface area contributed by atoms with Gasteiger partial charge in [-0.1, -0.05) is 23.2 Å². The molecule has 0 bridgehead atoms. The minimum Gasteiger partial charge on any atom is -0.314 e. The first-order valence-electron chi connectivity index (χ1n) is 9.90. The highest BCUT2D eigenvalue weighted by atomic mass is 35.5. The van der Waals surface area contributed by atoms with Gasteiger partial charge < -0.3 is 5.32 Å². The molecule has 1 saturated heterocycles. The standard InChI is InChI=1S/C20H19Cl2N5O5S/c21-13-1-4-15(5-2-13)33(31,32)27-19(29)16-6-3-14(22)11-17(16)26(20(27)30)12-18(28)24-25-9-7-23-8-10-25/h1-6,11,23H,7-10,12H2,(H,24,28). The Balaban J connectivity index is 1.86. The van der Waals surface area contributed by atoms with Crippen LogP contribution in [0.5, 0.6) is 0 Å². The number of benzene rings is 2. The fraction of sp³-hybridized carbons (Fsp3) is 0.250. The van der Waals surface area contributed by atoms with Crippen LogP contribution in [0.4, 0.5) is 0 Å². The fourth-order valence-electron chi connectivity index (χ4n) is 3.53. The molecule has 3 aromatic rings. The second kappa shape index (κ2) is 9.27. The van der Waals surface area contributed by atoms with Crippen molar-refractivity contribution in [3.8, 4) is 0 Å². The number of rotatable bonds is 5. The lowest BCUT2D eigenvalue weighted by Gasteiger charge is -2.27. The van der Waals surface area contributed by atoms with E-state index in [1.54, 1.807) is 5.01 Å². The third kappa shape index (κ3) is 4.68. The van der Waals surface area contributed by atoms with Gasteiger partial charge >= 0.3 is 5.69 Å². The Bertz CT molecular complexity index is 1440. The summed E-state index contributed by atoms with van der Waals surface area (Å²) < 4.78 is 27.5. The predicted octanol–water partition coefficient (Wildman–Crippen LogP) is 0.643. The minimum absolute atomic E-state index is 0.0514. The zero-order valence-electron chi connectivity index (χ0n) is 17.1. The highest BCUT2D eigenvalue weighted by Gasteiger charge is 2.26. The number of nitrogens with one attached hydrogen (secondary N) is 2. The second-order valence-electron chi connectivity index (χ2n) is 7.33. The molecule has 4 rings (SSSR count). The van der Waals surface area contributed by atoms with Crippen LogP contribution in [0.3, 0.4) is 0 Å². The number of aromatic nitrogens is 2. The van der Waals surface area contributed by atoms with E-state index < -0.39 is 33.7 Å². The summed E-state index contributed by atoms with van der Waals surface area (Å²) in [6.45, 7) is 1.98. The van der Waals surface area contributed by atoms with Crippen molar-refractivity contribution in [3.05, 3.63) is 73.3 Å². The first-order valence-corrected chi connectivity index (χ1v) is 12.1. The van der Waals surface area contributed by atoms with Gasteiger partial charge in [-0.2, -0.15) is 0 Å². The Labute approximate surface area is 198 Å². The zero-order chi connectivity index (χ0) is 23.8. The van der Waals surface area contributed by atoms with Gasteiger partial charge in [0.15, 0.2) is 0 Å². The van der Waals surface area contributed by atoms with Crippen molar-refractivity contribution in [2.75, 3.05) is 26.2 Å². The van der Waals surface area contributed by atoms with E-state index in [0.29, 0.717) is 26.2 Å². The van der Waals surface area contributed by atoms with Gasteiger partial charge in [0.25, 0.3) is 21.5 Å². The number of hydrazine groups is 1. The number of carbonyl (C=O) groups is 1. The summed E-state index contributed by atoms with van der Waals surface area (Å²) in [6, 6.07) is 9.11. The Morgan fingerprint density at radius 3 is 2.30 bits per heavy atom. The molecule has 2 aromatic carbocycles. The Morgan fingerprint density at radius 1 is 1.00 bits per heavy atom. The normalized spacial score (nSPS) is 15.0. The van der Waals surface area contributed by atoms with Crippen LogP contribution in [0, 0.1) is 0 Å². The number of piperazine rings is 1. The summed E-state index contributed by atoms with van der Waals surface area (Å²) in [4.78, 5) is 38.8. The summed E-state index contributed by atoms with van der Waals surface area (Å²) >= 11 is 11.9. The van der Waals surface area contributed by atoms with Crippen LogP contribution in [0.25, 0.3) is 10.9 Å². The van der Waals surface area contributed by atoms with Crippen molar-refractivity contribution in [2.45, 2.75) is 11.4 Å². The summed E-state index contributed by atoms with van der Waals surface area (Å²) in [5.41, 5.74) is 0.525. The van der Waals surface area contributed by atoms with Crippen molar-refractivity contribution in [3.63, 3.8) is 0 Å². The largest absolute Gasteiger partial charge is 0.346 e. The molecule has 1 fully saturated rings. The number of carbonyl (C=O) groups excluding carboxylic acids is 1. The van der Waals surface area contributed by atoms with E-state index in [1.807, 2.05) is 0 Å². The van der Waals surface area contributed by atoms with Gasteiger partial charge in [0, 0.05) is 36.2 Å². The van der Waals surface area contributed by atoms with E-state index in [0.717, 1.165) is 4.57 Å². The van der Waals surface area contributed by atoms with E-state index in [4.69, 9.17) is 23.2 Å². The van der Waals surface area contributed by atoms with Crippen molar-refractivity contribution >= 4 is 50.0 Å². The molecular weight excluding hydrogens is 493 g/mol. The van der Waals surface area contributed by atoms with Crippen LogP contribution >= 0.6 is 23.2 Å². The lowest BCUT2D eigenvalue weighted by atomic mass is 10.2. The molecule has 1 amide bonds. The number of hydrogen-bond donors (Lipinski definition) is 2. The maximum atomic E-state index is 13.3. The van der Waals surface area contributed by atoms with Gasteiger partial charge in [-0.25, -0.2) is 18.2 Å². The molecule has 0 spiro atoms. The summed E-state index contributed by atoms with van der Waals surface area (Å²) in [5.74, 6) is -0.547. The van der Waals surface area contributed by atoms with Crippen molar-refractivity contribution in [1.82, 2.24) is 24.3 Å². The van der Waals surface area contributed by atoms with Crippen LogP contribution < -0.4 is 22.0 Å². The highest BCUT2D eigenvalue weighted by molar-refractivity contribution is 7.90. The Morgan fingerprint density at radius 2 is 1.64 bits per heavy atom. The number of hydrogen-bond acceptors (Lipinski definition) is 7. The van der Waals surface area contributed by atoms with E-state index in [2.05, 4.69) is 10.7 Å². The second-order valence-corrected chi connectivity index (χ2v) is 9.99. The smallest absolute Gasteiger partial charge is 0.314 e. The van der Waals surface area contributed by atoms with E-state index in [1.165, 1.54) is 42.5 Å². The van der Waals surface area contributed by atoms with Crippen LogP contribution in [-0.2, 0) is 21.4 Å². The molecule has 0 saturated carbocycles. The molecule has 1 aromatic heterocycles. The van der Waals surface area contributed by atoms with Gasteiger partial charge in [0.1, 0.15) is 6.54 Å². The number of fused-ring (bicyclic) bond motifs is 1. The van der Waals surface area contributed by atoms with E-state index >= 15 is 0 Å². The lowest BCUT2D eigenvalue weighted by molar-refractivity contribution is -0.126. The van der Waals surface area contributed by atoms with Crippen molar-refractivity contribution in [2.24, 2.45) is 0 Å². The molecule has 0 radical (unpaired) electrons. The van der Waals surface area contributed by atoms with Gasteiger partial charge in [0.05, 0.1) is 15.8 Å². The van der Waals surface area contributed by atoms with Crippen molar-refractivity contribution in [1.29, 1.82) is 0 Å². The maximum absolute atomic E-state index is 13.3. The highest BCUT2D eigenvalue weighted by Crippen LogP contribution is 2.18. The maximum Gasteiger partial charge on any atom is 0.346 e. The van der Waals surface area contributed by atoms with E-state index in [-0.39, 0.29) is 29.8 Å². The average Bonchev–Trinajstić information content (AvgIpc) is 2.77. The van der Waals surface area contributed by atoms with Gasteiger partial charge in [-0.3, -0.25) is 19.6 Å². The molecule has 2 heterocycles. The summed E-state index contributed by atoms with van der Waals surface area (Å²) in [7, 11) is -4.58.